The number of nitrogens with two attached hydrogens (primary N) is 1. The van der Waals surface area contributed by atoms with Crippen molar-refractivity contribution in [1.82, 2.24) is 15.1 Å². The van der Waals surface area contributed by atoms with Crippen molar-refractivity contribution in [3.8, 4) is 0 Å². The maximum Gasteiger partial charge on any atom is 0.416 e. The Morgan fingerprint density at radius 1 is 1.24 bits per heavy atom. The van der Waals surface area contributed by atoms with Crippen LogP contribution in [0, 0.1) is 0 Å². The minimum Gasteiger partial charge on any atom is -0.382 e. The van der Waals surface area contributed by atoms with Gasteiger partial charge >= 0.3 is 6.18 Å². The Balaban J connectivity index is 1.86. The van der Waals surface area contributed by atoms with E-state index in [1.54, 1.807) is 12.3 Å². The minimum absolute atomic E-state index is 0.00215. The average molecular weight is 298 g/mol. The Morgan fingerprint density at radius 2 is 1.90 bits per heavy atom. The van der Waals surface area contributed by atoms with Crippen LogP contribution in [-0.2, 0) is 24.1 Å². The fraction of sp³-hybridized carbons (Fsp3) is 0.231. The van der Waals surface area contributed by atoms with E-state index in [9.17, 15) is 18.0 Å². The summed E-state index contributed by atoms with van der Waals surface area (Å²) in [5.74, 6) is 0.00328. The van der Waals surface area contributed by atoms with E-state index in [-0.39, 0.29) is 19.0 Å². The first-order valence-electron chi connectivity index (χ1n) is 6.06. The molecule has 0 radical (unpaired) electrons. The largest absolute Gasteiger partial charge is 0.416 e. The van der Waals surface area contributed by atoms with E-state index in [4.69, 9.17) is 5.73 Å². The first-order chi connectivity index (χ1) is 9.84. The lowest BCUT2D eigenvalue weighted by Crippen LogP contribution is -2.27. The van der Waals surface area contributed by atoms with E-state index >= 15 is 0 Å². The van der Waals surface area contributed by atoms with Crippen molar-refractivity contribution >= 4 is 11.7 Å². The van der Waals surface area contributed by atoms with Crippen LogP contribution in [0.15, 0.2) is 36.5 Å². The number of nitrogens with zero attached hydrogens (tertiary/aromatic N) is 2. The highest BCUT2D eigenvalue weighted by Crippen LogP contribution is 2.28. The van der Waals surface area contributed by atoms with Crippen molar-refractivity contribution in [3.05, 3.63) is 47.7 Å². The molecule has 0 bridgehead atoms. The molecule has 112 valence electrons. The number of amides is 1. The number of aromatic nitrogens is 2. The summed E-state index contributed by atoms with van der Waals surface area (Å²) in [6.45, 7) is 0.144. The third-order valence-corrected chi connectivity index (χ3v) is 2.74. The molecule has 1 amide bonds. The van der Waals surface area contributed by atoms with E-state index in [2.05, 4.69) is 10.4 Å². The Bertz CT molecular complexity index is 619. The monoisotopic (exact) mass is 298 g/mol. The molecule has 2 aromatic rings. The van der Waals surface area contributed by atoms with Crippen molar-refractivity contribution < 1.29 is 18.0 Å². The van der Waals surface area contributed by atoms with Crippen LogP contribution in [0.25, 0.3) is 0 Å². The van der Waals surface area contributed by atoms with E-state index in [1.165, 1.54) is 16.8 Å². The Labute approximate surface area is 118 Å². The smallest absolute Gasteiger partial charge is 0.382 e. The molecule has 5 nitrogen and oxygen atoms in total. The molecule has 1 aromatic carbocycles. The fourth-order valence-electron chi connectivity index (χ4n) is 1.68. The van der Waals surface area contributed by atoms with Gasteiger partial charge in [-0.15, -0.1) is 0 Å². The standard InChI is InChI=1S/C13H13F3N4O/c14-13(15,16)10-3-1-9(2-4-10)7-18-12(21)8-20-6-5-11(17)19-20/h1-6H,7-8H2,(H2,17,19)(H,18,21). The van der Waals surface area contributed by atoms with Gasteiger partial charge in [-0.2, -0.15) is 18.3 Å². The van der Waals surface area contributed by atoms with Gasteiger partial charge in [0.05, 0.1) is 5.56 Å². The molecular formula is C13H13F3N4O. The maximum absolute atomic E-state index is 12.4. The molecule has 2 rings (SSSR count). The number of rotatable bonds is 4. The summed E-state index contributed by atoms with van der Waals surface area (Å²) in [7, 11) is 0. The second-order valence-corrected chi connectivity index (χ2v) is 4.41. The zero-order valence-electron chi connectivity index (χ0n) is 10.9. The van der Waals surface area contributed by atoms with Crippen LogP contribution in [-0.4, -0.2) is 15.7 Å². The summed E-state index contributed by atoms with van der Waals surface area (Å²) in [5.41, 5.74) is 5.28. The summed E-state index contributed by atoms with van der Waals surface area (Å²) in [6, 6.07) is 6.18. The number of carbonyl (C=O) groups is 1. The maximum atomic E-state index is 12.4. The highest BCUT2D eigenvalue weighted by Gasteiger charge is 2.29. The van der Waals surface area contributed by atoms with Crippen LogP contribution >= 0.6 is 0 Å². The molecule has 1 aromatic heterocycles. The highest BCUT2D eigenvalue weighted by molar-refractivity contribution is 5.75. The van der Waals surface area contributed by atoms with Gasteiger partial charge in [-0.3, -0.25) is 9.48 Å². The summed E-state index contributed by atoms with van der Waals surface area (Å²) < 4.78 is 38.5. The van der Waals surface area contributed by atoms with Gasteiger partial charge in [0.1, 0.15) is 12.4 Å². The zero-order valence-corrected chi connectivity index (χ0v) is 10.9. The molecule has 0 spiro atoms. The molecule has 21 heavy (non-hydrogen) atoms. The molecule has 0 aliphatic carbocycles. The van der Waals surface area contributed by atoms with Gasteiger partial charge in [-0.05, 0) is 23.8 Å². The van der Waals surface area contributed by atoms with Crippen LogP contribution in [0.4, 0.5) is 19.0 Å². The molecule has 0 fully saturated rings. The number of alkyl halides is 3. The third-order valence-electron chi connectivity index (χ3n) is 2.74. The van der Waals surface area contributed by atoms with Gasteiger partial charge in [0.2, 0.25) is 5.91 Å². The number of hydrogen-bond donors (Lipinski definition) is 2. The Kier molecular flexibility index (Phi) is 4.15. The molecule has 8 heteroatoms. The number of nitrogens with one attached hydrogen (secondary N) is 1. The van der Waals surface area contributed by atoms with Crippen LogP contribution < -0.4 is 11.1 Å². The Morgan fingerprint density at radius 3 is 2.43 bits per heavy atom. The lowest BCUT2D eigenvalue weighted by Gasteiger charge is -2.08. The van der Waals surface area contributed by atoms with Crippen molar-refractivity contribution in [3.63, 3.8) is 0 Å². The molecular weight excluding hydrogens is 285 g/mol. The molecule has 1 heterocycles. The Hall–Kier alpha value is -2.51. The van der Waals surface area contributed by atoms with Gasteiger partial charge in [0.15, 0.2) is 0 Å². The summed E-state index contributed by atoms with van der Waals surface area (Å²) in [5, 5.41) is 6.45. The van der Waals surface area contributed by atoms with Crippen molar-refractivity contribution in [2.75, 3.05) is 5.73 Å². The van der Waals surface area contributed by atoms with Gasteiger partial charge in [0, 0.05) is 12.7 Å². The number of carbonyl (C=O) groups excluding carboxylic acids is 1. The topological polar surface area (TPSA) is 72.9 Å². The second-order valence-electron chi connectivity index (χ2n) is 4.41. The molecule has 0 saturated heterocycles. The minimum atomic E-state index is -4.36. The number of anilines is 1. The van der Waals surface area contributed by atoms with Gasteiger partial charge in [-0.1, -0.05) is 12.1 Å². The number of halogens is 3. The molecule has 0 atom stereocenters. The lowest BCUT2D eigenvalue weighted by molar-refractivity contribution is -0.137. The van der Waals surface area contributed by atoms with Crippen molar-refractivity contribution in [1.29, 1.82) is 0 Å². The van der Waals surface area contributed by atoms with E-state index in [0.717, 1.165) is 12.1 Å². The van der Waals surface area contributed by atoms with Crippen LogP contribution in [0.1, 0.15) is 11.1 Å². The van der Waals surface area contributed by atoms with Gasteiger partial charge in [-0.25, -0.2) is 0 Å². The highest BCUT2D eigenvalue weighted by atomic mass is 19.4. The normalized spacial score (nSPS) is 11.4. The van der Waals surface area contributed by atoms with Crippen LogP contribution in [0.3, 0.4) is 0 Å². The first-order valence-corrected chi connectivity index (χ1v) is 6.06. The molecule has 3 N–H and O–H groups in total. The molecule has 0 unspecified atom stereocenters. The molecule has 0 saturated carbocycles. The molecule has 0 aliphatic rings. The lowest BCUT2D eigenvalue weighted by atomic mass is 10.1. The number of benzene rings is 1. The fourth-order valence-corrected chi connectivity index (χ4v) is 1.68. The number of nitrogen functional groups attached to an aromatic ring is 1. The predicted molar refractivity (Wildman–Crippen MR) is 69.9 cm³/mol. The summed E-state index contributed by atoms with van der Waals surface area (Å²) >= 11 is 0. The van der Waals surface area contributed by atoms with Crippen molar-refractivity contribution in [2.45, 2.75) is 19.3 Å². The average Bonchev–Trinajstić information content (AvgIpc) is 2.81. The van der Waals surface area contributed by atoms with E-state index < -0.39 is 11.7 Å². The first kappa shape index (κ1) is 14.9. The SMILES string of the molecule is Nc1ccn(CC(=O)NCc2ccc(C(F)(F)F)cc2)n1. The predicted octanol–water partition coefficient (Wildman–Crippen LogP) is 1.80. The third kappa shape index (κ3) is 4.23. The zero-order chi connectivity index (χ0) is 15.5. The second kappa shape index (κ2) is 5.86. The number of hydrogen-bond acceptors (Lipinski definition) is 3. The summed E-state index contributed by atoms with van der Waals surface area (Å²) in [6.07, 6.45) is -2.80. The molecule has 0 aliphatic heterocycles. The quantitative estimate of drug-likeness (QED) is 0.904. The van der Waals surface area contributed by atoms with Crippen LogP contribution in [0.5, 0.6) is 0 Å². The van der Waals surface area contributed by atoms with E-state index in [1.807, 2.05) is 0 Å². The van der Waals surface area contributed by atoms with Crippen molar-refractivity contribution in [2.24, 2.45) is 0 Å². The van der Waals surface area contributed by atoms with E-state index in [0.29, 0.717) is 11.4 Å². The van der Waals surface area contributed by atoms with Gasteiger partial charge in [0.25, 0.3) is 0 Å². The van der Waals surface area contributed by atoms with Crippen LogP contribution in [0.2, 0.25) is 0 Å². The van der Waals surface area contributed by atoms with Gasteiger partial charge < -0.3 is 11.1 Å². The summed E-state index contributed by atoms with van der Waals surface area (Å²) in [4.78, 5) is 11.6.